The van der Waals surface area contributed by atoms with E-state index in [0.717, 1.165) is 22.4 Å². The Hall–Kier alpha value is -3.12. The number of aryl methyl sites for hydroxylation is 1. The number of sulfonamides is 1. The molecular formula is C25H26N2O3S. The van der Waals surface area contributed by atoms with E-state index in [0.29, 0.717) is 30.1 Å². The van der Waals surface area contributed by atoms with Crippen LogP contribution >= 0.6 is 0 Å². The molecule has 0 saturated heterocycles. The van der Waals surface area contributed by atoms with Gasteiger partial charge in [-0.05, 0) is 48.7 Å². The molecule has 1 heterocycles. The van der Waals surface area contributed by atoms with Crippen molar-refractivity contribution in [3.05, 3.63) is 95.6 Å². The van der Waals surface area contributed by atoms with Gasteiger partial charge in [-0.2, -0.15) is 0 Å². The first-order valence-electron chi connectivity index (χ1n) is 10.3. The van der Waals surface area contributed by atoms with Crippen LogP contribution in [0.2, 0.25) is 0 Å². The van der Waals surface area contributed by atoms with Gasteiger partial charge in [0.1, 0.15) is 11.6 Å². The molecule has 6 heteroatoms. The average molecular weight is 435 g/mol. The predicted molar refractivity (Wildman–Crippen MR) is 123 cm³/mol. The van der Waals surface area contributed by atoms with Crippen LogP contribution in [-0.4, -0.2) is 32.2 Å². The number of hydrogen-bond donors (Lipinski definition) is 0. The summed E-state index contributed by atoms with van der Waals surface area (Å²) in [5, 5.41) is 0. The zero-order chi connectivity index (χ0) is 21.8. The fourth-order valence-corrected chi connectivity index (χ4v) is 5.22. The Kier molecular flexibility index (Phi) is 6.09. The Morgan fingerprint density at radius 1 is 0.968 bits per heavy atom. The van der Waals surface area contributed by atoms with E-state index in [1.165, 1.54) is 4.31 Å². The zero-order valence-corrected chi connectivity index (χ0v) is 18.5. The zero-order valence-electron chi connectivity index (χ0n) is 17.7. The summed E-state index contributed by atoms with van der Waals surface area (Å²) in [6, 6.07) is 24.6. The van der Waals surface area contributed by atoms with Crippen LogP contribution in [-0.2, 0) is 16.4 Å². The number of amidine groups is 1. The van der Waals surface area contributed by atoms with E-state index in [1.807, 2.05) is 73.7 Å². The van der Waals surface area contributed by atoms with E-state index in [9.17, 15) is 8.42 Å². The second-order valence-corrected chi connectivity index (χ2v) is 9.54. The molecule has 0 N–H and O–H groups in total. The summed E-state index contributed by atoms with van der Waals surface area (Å²) in [4.78, 5) is 5.21. The molecule has 4 rings (SSSR count). The average Bonchev–Trinajstić information content (AvgIpc) is 2.80. The quantitative estimate of drug-likeness (QED) is 0.561. The first-order chi connectivity index (χ1) is 15.0. The van der Waals surface area contributed by atoms with E-state index in [2.05, 4.69) is 0 Å². The highest BCUT2D eigenvalue weighted by atomic mass is 32.2. The fraction of sp³-hybridized carbons (Fsp3) is 0.240. The normalized spacial score (nSPS) is 16.6. The molecule has 0 aromatic heterocycles. The lowest BCUT2D eigenvalue weighted by atomic mass is 10.0. The number of hydrogen-bond acceptors (Lipinski definition) is 4. The summed E-state index contributed by atoms with van der Waals surface area (Å²) in [5.74, 6) is 1.36. The summed E-state index contributed by atoms with van der Waals surface area (Å²) >= 11 is 0. The Balaban J connectivity index is 1.71. The first kappa shape index (κ1) is 21.1. The van der Waals surface area contributed by atoms with Crippen molar-refractivity contribution >= 4 is 15.9 Å². The van der Waals surface area contributed by atoms with Gasteiger partial charge < -0.3 is 4.74 Å². The van der Waals surface area contributed by atoms with E-state index >= 15 is 0 Å². The number of ether oxygens (including phenoxy) is 1. The monoisotopic (exact) mass is 434 g/mol. The Morgan fingerprint density at radius 2 is 1.65 bits per heavy atom. The van der Waals surface area contributed by atoms with Crippen LogP contribution in [0.3, 0.4) is 0 Å². The molecule has 0 saturated carbocycles. The smallest absolute Gasteiger partial charge is 0.265 e. The minimum absolute atomic E-state index is 0.0888. The third-order valence-electron chi connectivity index (χ3n) is 5.51. The number of nitrogens with zero attached hydrogens (tertiary/aromatic N) is 2. The highest BCUT2D eigenvalue weighted by molar-refractivity contribution is 7.89. The maximum absolute atomic E-state index is 13.5. The highest BCUT2D eigenvalue weighted by Gasteiger charge is 2.32. The van der Waals surface area contributed by atoms with Gasteiger partial charge in [-0.25, -0.2) is 8.42 Å². The van der Waals surface area contributed by atoms with Crippen LogP contribution in [0.1, 0.15) is 29.2 Å². The van der Waals surface area contributed by atoms with Crippen molar-refractivity contribution in [1.82, 2.24) is 4.31 Å². The van der Waals surface area contributed by atoms with Crippen molar-refractivity contribution in [3.63, 3.8) is 0 Å². The van der Waals surface area contributed by atoms with Crippen LogP contribution in [0, 0.1) is 6.92 Å². The molecule has 160 valence electrons. The Morgan fingerprint density at radius 3 is 2.29 bits per heavy atom. The highest BCUT2D eigenvalue weighted by Crippen LogP contribution is 2.31. The lowest BCUT2D eigenvalue weighted by Gasteiger charge is -2.32. The molecule has 1 aliphatic heterocycles. The summed E-state index contributed by atoms with van der Waals surface area (Å²) < 4.78 is 33.6. The molecule has 0 bridgehead atoms. The first-order valence-corrected chi connectivity index (χ1v) is 11.8. The molecule has 0 aliphatic carbocycles. The van der Waals surface area contributed by atoms with Crippen molar-refractivity contribution in [2.75, 3.05) is 13.7 Å². The molecule has 1 atom stereocenters. The molecular weight excluding hydrogens is 408 g/mol. The molecule has 5 nitrogen and oxygen atoms in total. The number of rotatable bonds is 6. The molecule has 31 heavy (non-hydrogen) atoms. The van der Waals surface area contributed by atoms with E-state index in [-0.39, 0.29) is 6.04 Å². The van der Waals surface area contributed by atoms with E-state index in [1.54, 1.807) is 19.2 Å². The summed E-state index contributed by atoms with van der Waals surface area (Å²) in [7, 11) is -2.04. The van der Waals surface area contributed by atoms with Crippen molar-refractivity contribution in [2.24, 2.45) is 4.99 Å². The standard InChI is InChI=1S/C25H26N2O3S/c1-19-8-14-23(15-9-19)31(28,29)27-17-16-24(21-10-12-22(30-2)13-11-21)26-25(27)18-20-6-4-3-5-7-20/h3-15,24H,16-18H2,1-2H3. The lowest BCUT2D eigenvalue weighted by Crippen LogP contribution is -2.42. The molecule has 3 aromatic rings. The number of benzene rings is 3. The number of aliphatic imine (C=N–C) groups is 1. The van der Waals surface area contributed by atoms with Gasteiger partial charge in [-0.15, -0.1) is 0 Å². The third kappa shape index (κ3) is 4.64. The molecule has 1 aliphatic rings. The summed E-state index contributed by atoms with van der Waals surface area (Å²) in [5.41, 5.74) is 3.11. The van der Waals surface area contributed by atoms with E-state index in [4.69, 9.17) is 9.73 Å². The van der Waals surface area contributed by atoms with E-state index < -0.39 is 10.0 Å². The third-order valence-corrected chi connectivity index (χ3v) is 7.35. The minimum atomic E-state index is -3.68. The van der Waals surface area contributed by atoms with Crippen molar-refractivity contribution in [1.29, 1.82) is 0 Å². The van der Waals surface area contributed by atoms with Crippen LogP contribution in [0.4, 0.5) is 0 Å². The molecule has 1 unspecified atom stereocenters. The van der Waals surface area contributed by atoms with Gasteiger partial charge in [0.2, 0.25) is 0 Å². The van der Waals surface area contributed by atoms with Crippen LogP contribution in [0.25, 0.3) is 0 Å². The van der Waals surface area contributed by atoms with Gasteiger partial charge in [0.05, 0.1) is 18.0 Å². The van der Waals surface area contributed by atoms with Gasteiger partial charge in [0, 0.05) is 13.0 Å². The van der Waals surface area contributed by atoms with Gasteiger partial charge in [-0.3, -0.25) is 9.30 Å². The second-order valence-electron chi connectivity index (χ2n) is 7.68. The number of methoxy groups -OCH3 is 1. The van der Waals surface area contributed by atoms with Crippen LogP contribution in [0.15, 0.2) is 88.8 Å². The Labute approximate surface area is 184 Å². The van der Waals surface area contributed by atoms with Gasteiger partial charge in [0.25, 0.3) is 10.0 Å². The molecule has 0 amide bonds. The lowest BCUT2D eigenvalue weighted by molar-refractivity contribution is 0.414. The maximum Gasteiger partial charge on any atom is 0.265 e. The van der Waals surface area contributed by atoms with Crippen molar-refractivity contribution in [3.8, 4) is 5.75 Å². The Bertz CT molecular complexity index is 1160. The molecule has 0 fully saturated rings. The summed E-state index contributed by atoms with van der Waals surface area (Å²) in [6.07, 6.45) is 1.08. The van der Waals surface area contributed by atoms with Gasteiger partial charge in [0.15, 0.2) is 0 Å². The fourth-order valence-electron chi connectivity index (χ4n) is 3.75. The molecule has 3 aromatic carbocycles. The maximum atomic E-state index is 13.5. The predicted octanol–water partition coefficient (Wildman–Crippen LogP) is 4.78. The van der Waals surface area contributed by atoms with Gasteiger partial charge in [-0.1, -0.05) is 60.2 Å². The topological polar surface area (TPSA) is 59.0 Å². The van der Waals surface area contributed by atoms with Crippen LogP contribution < -0.4 is 4.74 Å². The minimum Gasteiger partial charge on any atom is -0.497 e. The second kappa shape index (κ2) is 8.94. The van der Waals surface area contributed by atoms with Crippen molar-refractivity contribution in [2.45, 2.75) is 30.7 Å². The summed E-state index contributed by atoms with van der Waals surface area (Å²) in [6.45, 7) is 2.33. The van der Waals surface area contributed by atoms with Crippen molar-refractivity contribution < 1.29 is 13.2 Å². The van der Waals surface area contributed by atoms with Gasteiger partial charge >= 0.3 is 0 Å². The van der Waals surface area contributed by atoms with Crippen LogP contribution in [0.5, 0.6) is 5.75 Å². The molecule has 0 spiro atoms. The SMILES string of the molecule is COc1ccc(C2CCN(S(=O)(=O)c3ccc(C)cc3)C(Cc3ccccc3)=N2)cc1. The largest absolute Gasteiger partial charge is 0.497 e. The molecule has 0 radical (unpaired) electrons.